The van der Waals surface area contributed by atoms with Gasteiger partial charge in [-0.05, 0) is 19.9 Å². The van der Waals surface area contributed by atoms with E-state index in [4.69, 9.17) is 4.74 Å². The van der Waals surface area contributed by atoms with Crippen LogP contribution in [0.5, 0.6) is 0 Å². The summed E-state index contributed by atoms with van der Waals surface area (Å²) in [6, 6.07) is 9.71. The molecule has 0 aliphatic carbocycles. The Labute approximate surface area is 116 Å². The van der Waals surface area contributed by atoms with Gasteiger partial charge < -0.3 is 4.74 Å². The van der Waals surface area contributed by atoms with Crippen LogP contribution in [0.3, 0.4) is 0 Å². The van der Waals surface area contributed by atoms with Gasteiger partial charge in [-0.2, -0.15) is 0 Å². The molecule has 1 aromatic carbocycles. The molecule has 0 fully saturated rings. The Morgan fingerprint density at radius 1 is 1.26 bits per heavy atom. The molecule has 2 unspecified atom stereocenters. The molecule has 1 aromatic rings. The van der Waals surface area contributed by atoms with Crippen LogP contribution in [0.1, 0.15) is 37.6 Å². The Morgan fingerprint density at radius 3 is 2.37 bits per heavy atom. The fraction of sp³-hybridized carbons (Fsp3) is 0.562. The van der Waals surface area contributed by atoms with Crippen LogP contribution >= 0.6 is 0 Å². The molecule has 1 rings (SSSR count). The fourth-order valence-electron chi connectivity index (χ4n) is 2.54. The van der Waals surface area contributed by atoms with Gasteiger partial charge in [-0.1, -0.05) is 44.2 Å². The van der Waals surface area contributed by atoms with E-state index in [2.05, 4.69) is 25.7 Å². The lowest BCUT2D eigenvalue weighted by atomic mass is 9.99. The lowest BCUT2D eigenvalue weighted by Crippen LogP contribution is -2.47. The second kappa shape index (κ2) is 8.08. The summed E-state index contributed by atoms with van der Waals surface area (Å²) in [5, 5.41) is 0. The first kappa shape index (κ1) is 15.9. The first-order valence-corrected chi connectivity index (χ1v) is 6.99. The smallest absolute Gasteiger partial charge is 0.179 e. The molecule has 0 aromatic heterocycles. The second-order valence-electron chi connectivity index (χ2n) is 4.79. The van der Waals surface area contributed by atoms with E-state index in [9.17, 15) is 4.79 Å². The molecule has 0 aliphatic rings. The van der Waals surface area contributed by atoms with E-state index in [-0.39, 0.29) is 17.9 Å². The standard InChI is InChI=1S/C16H25NO2/c1-5-15(17(6-2)13(3)12-19-4)16(18)14-10-8-7-9-11-14/h7-11,13,15H,5-6,12H2,1-4H3. The average Bonchev–Trinajstić information content (AvgIpc) is 2.45. The van der Waals surface area contributed by atoms with Crippen LogP contribution in [0, 0.1) is 0 Å². The van der Waals surface area contributed by atoms with E-state index in [1.165, 1.54) is 0 Å². The number of Topliss-reactive ketones (excluding diaryl/α,β-unsaturated/α-hetero) is 1. The Bertz CT molecular complexity index is 378. The maximum atomic E-state index is 12.6. The Balaban J connectivity index is 2.88. The van der Waals surface area contributed by atoms with Crippen LogP contribution in [-0.4, -0.2) is 43.0 Å². The lowest BCUT2D eigenvalue weighted by Gasteiger charge is -2.34. The Kier molecular flexibility index (Phi) is 6.74. The number of benzene rings is 1. The first-order chi connectivity index (χ1) is 9.15. The summed E-state index contributed by atoms with van der Waals surface area (Å²) < 4.78 is 5.21. The van der Waals surface area contributed by atoms with Gasteiger partial charge >= 0.3 is 0 Å². The highest BCUT2D eigenvalue weighted by Gasteiger charge is 2.27. The summed E-state index contributed by atoms with van der Waals surface area (Å²) in [4.78, 5) is 14.8. The van der Waals surface area contributed by atoms with Crippen molar-refractivity contribution in [2.24, 2.45) is 0 Å². The summed E-state index contributed by atoms with van der Waals surface area (Å²) in [5.41, 5.74) is 0.789. The molecular weight excluding hydrogens is 238 g/mol. The number of likely N-dealkylation sites (N-methyl/N-ethyl adjacent to an activating group) is 1. The molecule has 0 bridgehead atoms. The number of nitrogens with zero attached hydrogens (tertiary/aromatic N) is 1. The van der Waals surface area contributed by atoms with Gasteiger partial charge in [0.05, 0.1) is 12.6 Å². The molecule has 0 aliphatic heterocycles. The maximum absolute atomic E-state index is 12.6. The maximum Gasteiger partial charge on any atom is 0.179 e. The number of carbonyl (C=O) groups is 1. The van der Waals surface area contributed by atoms with Gasteiger partial charge in [0.25, 0.3) is 0 Å². The number of methoxy groups -OCH3 is 1. The van der Waals surface area contributed by atoms with Crippen molar-refractivity contribution < 1.29 is 9.53 Å². The summed E-state index contributed by atoms with van der Waals surface area (Å²) in [7, 11) is 1.70. The third-order valence-electron chi connectivity index (χ3n) is 3.49. The van der Waals surface area contributed by atoms with Crippen LogP contribution in [0.15, 0.2) is 30.3 Å². The highest BCUT2D eigenvalue weighted by molar-refractivity contribution is 6.00. The van der Waals surface area contributed by atoms with Gasteiger partial charge in [0.1, 0.15) is 0 Å². The molecule has 19 heavy (non-hydrogen) atoms. The third kappa shape index (κ3) is 4.15. The summed E-state index contributed by atoms with van der Waals surface area (Å²) >= 11 is 0. The van der Waals surface area contributed by atoms with Gasteiger partial charge in [0.2, 0.25) is 0 Å². The molecule has 3 nitrogen and oxygen atoms in total. The van der Waals surface area contributed by atoms with E-state index in [0.717, 1.165) is 18.5 Å². The SMILES string of the molecule is CCC(C(=O)c1ccccc1)N(CC)C(C)COC. The lowest BCUT2D eigenvalue weighted by molar-refractivity contribution is 0.0565. The van der Waals surface area contributed by atoms with Gasteiger partial charge in [-0.15, -0.1) is 0 Å². The second-order valence-corrected chi connectivity index (χ2v) is 4.79. The van der Waals surface area contributed by atoms with Gasteiger partial charge in [0, 0.05) is 18.7 Å². The van der Waals surface area contributed by atoms with Gasteiger partial charge in [0.15, 0.2) is 5.78 Å². The fourth-order valence-corrected chi connectivity index (χ4v) is 2.54. The zero-order valence-electron chi connectivity index (χ0n) is 12.4. The van der Waals surface area contributed by atoms with Crippen LogP contribution in [0.2, 0.25) is 0 Å². The number of ketones is 1. The van der Waals surface area contributed by atoms with Crippen LogP contribution in [-0.2, 0) is 4.74 Å². The van der Waals surface area contributed by atoms with Crippen molar-refractivity contribution in [3.8, 4) is 0 Å². The first-order valence-electron chi connectivity index (χ1n) is 6.99. The van der Waals surface area contributed by atoms with E-state index >= 15 is 0 Å². The van der Waals surface area contributed by atoms with E-state index in [0.29, 0.717) is 6.61 Å². The number of ether oxygens (including phenoxy) is 1. The van der Waals surface area contributed by atoms with Crippen molar-refractivity contribution in [1.29, 1.82) is 0 Å². The summed E-state index contributed by atoms with van der Waals surface area (Å²) in [5.74, 6) is 0.202. The zero-order chi connectivity index (χ0) is 14.3. The molecule has 0 amide bonds. The molecule has 3 heteroatoms. The normalized spacial score (nSPS) is 14.4. The molecule has 0 heterocycles. The molecule has 0 spiro atoms. The van der Waals surface area contributed by atoms with Gasteiger partial charge in [-0.25, -0.2) is 0 Å². The topological polar surface area (TPSA) is 29.5 Å². The Hall–Kier alpha value is -1.19. The van der Waals surface area contributed by atoms with Crippen molar-refractivity contribution in [3.63, 3.8) is 0 Å². The Morgan fingerprint density at radius 2 is 1.89 bits per heavy atom. The van der Waals surface area contributed by atoms with Crippen molar-refractivity contribution in [3.05, 3.63) is 35.9 Å². The van der Waals surface area contributed by atoms with Crippen molar-refractivity contribution >= 4 is 5.78 Å². The van der Waals surface area contributed by atoms with Gasteiger partial charge in [-0.3, -0.25) is 9.69 Å². The highest BCUT2D eigenvalue weighted by Crippen LogP contribution is 2.15. The number of hydrogen-bond donors (Lipinski definition) is 0. The molecule has 2 atom stereocenters. The molecule has 0 radical (unpaired) electrons. The molecule has 106 valence electrons. The predicted octanol–water partition coefficient (Wildman–Crippen LogP) is 3.00. The average molecular weight is 263 g/mol. The van der Waals surface area contributed by atoms with Crippen molar-refractivity contribution in [2.45, 2.75) is 39.3 Å². The number of rotatable bonds is 8. The highest BCUT2D eigenvalue weighted by atomic mass is 16.5. The largest absolute Gasteiger partial charge is 0.383 e. The molecule has 0 saturated carbocycles. The minimum absolute atomic E-state index is 0.0717. The number of carbonyl (C=O) groups excluding carboxylic acids is 1. The summed E-state index contributed by atoms with van der Waals surface area (Å²) in [6.07, 6.45) is 0.815. The van der Waals surface area contributed by atoms with Crippen molar-refractivity contribution in [2.75, 3.05) is 20.3 Å². The van der Waals surface area contributed by atoms with E-state index in [1.807, 2.05) is 30.3 Å². The van der Waals surface area contributed by atoms with Crippen LogP contribution < -0.4 is 0 Å². The molecule has 0 saturated heterocycles. The predicted molar refractivity (Wildman–Crippen MR) is 78.6 cm³/mol. The summed E-state index contributed by atoms with van der Waals surface area (Å²) in [6.45, 7) is 7.75. The molecule has 0 N–H and O–H groups in total. The van der Waals surface area contributed by atoms with Crippen LogP contribution in [0.4, 0.5) is 0 Å². The van der Waals surface area contributed by atoms with E-state index < -0.39 is 0 Å². The van der Waals surface area contributed by atoms with Crippen molar-refractivity contribution in [1.82, 2.24) is 4.90 Å². The minimum Gasteiger partial charge on any atom is -0.383 e. The number of hydrogen-bond acceptors (Lipinski definition) is 3. The molecular formula is C16H25NO2. The third-order valence-corrected chi connectivity index (χ3v) is 3.49. The van der Waals surface area contributed by atoms with Crippen LogP contribution in [0.25, 0.3) is 0 Å². The van der Waals surface area contributed by atoms with E-state index in [1.54, 1.807) is 7.11 Å². The quantitative estimate of drug-likeness (QED) is 0.675. The monoisotopic (exact) mass is 263 g/mol. The minimum atomic E-state index is -0.0717. The zero-order valence-corrected chi connectivity index (χ0v) is 12.4.